The van der Waals surface area contributed by atoms with Crippen LogP contribution in [0.3, 0.4) is 0 Å². The lowest BCUT2D eigenvalue weighted by molar-refractivity contribution is 0.177. The van der Waals surface area contributed by atoms with Gasteiger partial charge in [-0.3, -0.25) is 0 Å². The van der Waals surface area contributed by atoms with E-state index in [1.807, 2.05) is 26.0 Å². The minimum atomic E-state index is -0.153. The summed E-state index contributed by atoms with van der Waals surface area (Å²) in [6, 6.07) is -0.153. The molecule has 0 aromatic heterocycles. The van der Waals surface area contributed by atoms with Gasteiger partial charge in [0.05, 0.1) is 25.9 Å². The molecule has 40 heavy (non-hydrogen) atoms. The van der Waals surface area contributed by atoms with Gasteiger partial charge < -0.3 is 55.6 Å². The Morgan fingerprint density at radius 2 is 0.975 bits per heavy atom. The summed E-state index contributed by atoms with van der Waals surface area (Å²) in [5.74, 6) is 2.03. The third kappa shape index (κ3) is 42.0. The summed E-state index contributed by atoms with van der Waals surface area (Å²) in [6.45, 7) is 7.17. The zero-order chi connectivity index (χ0) is 31.2. The Morgan fingerprint density at radius 1 is 0.550 bits per heavy atom. The van der Waals surface area contributed by atoms with Crippen molar-refractivity contribution in [1.82, 2.24) is 24.9 Å². The van der Waals surface area contributed by atoms with Crippen LogP contribution in [0.1, 0.15) is 44.9 Å². The van der Waals surface area contributed by atoms with E-state index < -0.39 is 0 Å². The number of hydrogen-bond acceptors (Lipinski definition) is 11. The molecular formula is C29H69N5O6. The first-order chi connectivity index (χ1) is 19.0. The van der Waals surface area contributed by atoms with E-state index in [0.29, 0.717) is 19.8 Å². The largest absolute Gasteiger partial charge is 0.396 e. The summed E-state index contributed by atoms with van der Waals surface area (Å²) in [6.07, 6.45) is 8.37. The fourth-order valence-corrected chi connectivity index (χ4v) is 3.24. The Morgan fingerprint density at radius 3 is 1.23 bits per heavy atom. The molecule has 11 nitrogen and oxygen atoms in total. The summed E-state index contributed by atoms with van der Waals surface area (Å²) in [7, 11) is 14.0. The third-order valence-electron chi connectivity index (χ3n) is 6.08. The zero-order valence-electron chi connectivity index (χ0n) is 27.1. The van der Waals surface area contributed by atoms with Crippen molar-refractivity contribution in [3.63, 3.8) is 0 Å². The van der Waals surface area contributed by atoms with Gasteiger partial charge in [-0.25, -0.2) is 0 Å². The van der Waals surface area contributed by atoms with E-state index in [1.165, 1.54) is 38.8 Å². The molecule has 0 aromatic carbocycles. The van der Waals surface area contributed by atoms with E-state index in [1.54, 1.807) is 7.05 Å². The van der Waals surface area contributed by atoms with Gasteiger partial charge in [0.15, 0.2) is 0 Å². The summed E-state index contributed by atoms with van der Waals surface area (Å²) < 4.78 is 0. The van der Waals surface area contributed by atoms with Crippen LogP contribution in [-0.4, -0.2) is 185 Å². The van der Waals surface area contributed by atoms with Crippen molar-refractivity contribution in [3.8, 4) is 0 Å². The molecule has 0 aliphatic heterocycles. The van der Waals surface area contributed by atoms with E-state index in [0.717, 1.165) is 50.7 Å². The first-order valence-corrected chi connectivity index (χ1v) is 15.0. The molecule has 0 radical (unpaired) electrons. The van der Waals surface area contributed by atoms with E-state index in [4.69, 9.17) is 30.6 Å². The fraction of sp³-hybridized carbons (Fsp3) is 1.00. The van der Waals surface area contributed by atoms with Gasteiger partial charge >= 0.3 is 0 Å². The summed E-state index contributed by atoms with van der Waals surface area (Å²) in [4.78, 5) is 8.61. The standard InChI is InChI=1S/C8H17NO.C6H15NO2.C6H13N.C5H13NO.C4H11NO2/c1-9(5-2-6-10)7-8-3-4-8;1-7(4-6-9)3-2-5-8;1-7(2)5-6-3-4-6;1-6(2)4-3-5-7;1-5-4(2-6)3-7/h8,10H,2-7H2,1H3;8-9H,2-6H2,1H3;6H,3-5H2,1-2H3;7H,3-5H2,1-2H3;4-7H,2-3H2,1H3. The van der Waals surface area contributed by atoms with Crippen molar-refractivity contribution in [2.45, 2.75) is 51.0 Å². The monoisotopic (exact) mass is 584 g/mol. The summed E-state index contributed by atoms with van der Waals surface area (Å²) >= 11 is 0. The Labute approximate surface area is 246 Å². The van der Waals surface area contributed by atoms with Gasteiger partial charge in [-0.05, 0) is 113 Å². The molecule has 2 aliphatic rings. The van der Waals surface area contributed by atoms with Crippen LogP contribution in [0.5, 0.6) is 0 Å². The van der Waals surface area contributed by atoms with Crippen molar-refractivity contribution < 1.29 is 30.6 Å². The highest BCUT2D eigenvalue weighted by Gasteiger charge is 2.22. The molecular weight excluding hydrogens is 514 g/mol. The molecule has 2 rings (SSSR count). The van der Waals surface area contributed by atoms with Crippen LogP contribution < -0.4 is 5.32 Å². The smallest absolute Gasteiger partial charge is 0.0607 e. The highest BCUT2D eigenvalue weighted by Crippen LogP contribution is 2.29. The topological polar surface area (TPSA) is 146 Å². The molecule has 0 amide bonds. The van der Waals surface area contributed by atoms with Gasteiger partial charge in [-0.1, -0.05) is 0 Å². The van der Waals surface area contributed by atoms with Crippen LogP contribution >= 0.6 is 0 Å². The molecule has 246 valence electrons. The number of aliphatic hydroxyl groups is 6. The molecule has 0 atom stereocenters. The molecule has 0 spiro atoms. The van der Waals surface area contributed by atoms with Gasteiger partial charge in [0.25, 0.3) is 0 Å². The number of nitrogens with zero attached hydrogens (tertiary/aromatic N) is 4. The Kier molecular flexibility index (Phi) is 36.4. The van der Waals surface area contributed by atoms with Crippen LogP contribution in [0.25, 0.3) is 0 Å². The highest BCUT2D eigenvalue weighted by atomic mass is 16.3. The van der Waals surface area contributed by atoms with Gasteiger partial charge in [-0.2, -0.15) is 0 Å². The maximum atomic E-state index is 8.54. The van der Waals surface area contributed by atoms with Crippen LogP contribution in [0.4, 0.5) is 0 Å². The summed E-state index contributed by atoms with van der Waals surface area (Å²) in [5.41, 5.74) is 0. The fourth-order valence-electron chi connectivity index (χ4n) is 3.24. The van der Waals surface area contributed by atoms with Gasteiger partial charge in [0, 0.05) is 52.5 Å². The normalized spacial score (nSPS) is 14.2. The number of likely N-dealkylation sites (N-methyl/N-ethyl adjacent to an activating group) is 2. The van der Waals surface area contributed by atoms with Crippen molar-refractivity contribution in [2.75, 3.05) is 128 Å². The third-order valence-corrected chi connectivity index (χ3v) is 6.08. The van der Waals surface area contributed by atoms with Crippen molar-refractivity contribution in [3.05, 3.63) is 0 Å². The van der Waals surface area contributed by atoms with Gasteiger partial charge in [0.2, 0.25) is 0 Å². The van der Waals surface area contributed by atoms with E-state index in [9.17, 15) is 0 Å². The number of hydrogen-bond donors (Lipinski definition) is 7. The average Bonchev–Trinajstić information content (AvgIpc) is 3.86. The van der Waals surface area contributed by atoms with Gasteiger partial charge in [-0.15, -0.1) is 0 Å². The minimum Gasteiger partial charge on any atom is -0.396 e. The summed E-state index contributed by atoms with van der Waals surface area (Å²) in [5, 5.41) is 53.0. The first kappa shape index (κ1) is 44.0. The van der Waals surface area contributed by atoms with Crippen LogP contribution in [0.2, 0.25) is 0 Å². The molecule has 0 heterocycles. The van der Waals surface area contributed by atoms with E-state index in [-0.39, 0.29) is 32.5 Å². The number of nitrogens with one attached hydrogen (secondary N) is 1. The van der Waals surface area contributed by atoms with Crippen molar-refractivity contribution in [1.29, 1.82) is 0 Å². The first-order valence-electron chi connectivity index (χ1n) is 15.0. The average molecular weight is 584 g/mol. The van der Waals surface area contributed by atoms with Crippen molar-refractivity contribution in [2.24, 2.45) is 11.8 Å². The van der Waals surface area contributed by atoms with E-state index >= 15 is 0 Å². The maximum absolute atomic E-state index is 8.54. The molecule has 2 fully saturated rings. The van der Waals surface area contributed by atoms with Crippen LogP contribution in [-0.2, 0) is 0 Å². The lowest BCUT2D eigenvalue weighted by atomic mass is 10.3. The Hall–Kier alpha value is -0.440. The Balaban J connectivity index is -0.000000432. The molecule has 11 heteroatoms. The second kappa shape index (κ2) is 33.1. The second-order valence-electron chi connectivity index (χ2n) is 11.3. The SMILES string of the molecule is CN(C)CC1CC1.CN(C)CCCO.CN(CCCO)CC1CC1.CN(CCO)CCCO.CNC(CO)CO. The number of rotatable bonds is 18. The molecule has 0 unspecified atom stereocenters. The minimum absolute atomic E-state index is 0.00694. The molecule has 7 N–H and O–H groups in total. The molecule has 0 saturated heterocycles. The van der Waals surface area contributed by atoms with Crippen molar-refractivity contribution >= 4 is 0 Å². The molecule has 0 bridgehead atoms. The quantitative estimate of drug-likeness (QED) is 0.112. The predicted molar refractivity (Wildman–Crippen MR) is 167 cm³/mol. The predicted octanol–water partition coefficient (Wildman–Crippen LogP) is -0.549. The lowest BCUT2D eigenvalue weighted by Crippen LogP contribution is -2.32. The van der Waals surface area contributed by atoms with E-state index in [2.05, 4.69) is 41.2 Å². The molecule has 0 aromatic rings. The zero-order valence-corrected chi connectivity index (χ0v) is 27.1. The molecule has 2 saturated carbocycles. The maximum Gasteiger partial charge on any atom is 0.0607 e. The lowest BCUT2D eigenvalue weighted by Gasteiger charge is -2.14. The highest BCUT2D eigenvalue weighted by molar-refractivity contribution is 4.76. The van der Waals surface area contributed by atoms with Gasteiger partial charge in [0.1, 0.15) is 0 Å². The van der Waals surface area contributed by atoms with Crippen LogP contribution in [0.15, 0.2) is 0 Å². The van der Waals surface area contributed by atoms with Crippen LogP contribution in [0, 0.1) is 11.8 Å². The Bertz CT molecular complexity index is 463. The molecule has 2 aliphatic carbocycles. The second-order valence-corrected chi connectivity index (χ2v) is 11.3. The number of aliphatic hydroxyl groups excluding tert-OH is 6.